The molecule has 1 atom stereocenters. The number of nitrogens with one attached hydrogen (secondary N) is 1. The summed E-state index contributed by atoms with van der Waals surface area (Å²) in [5.41, 5.74) is 5.20. The third kappa shape index (κ3) is 4.14. The van der Waals surface area contributed by atoms with E-state index in [1.807, 2.05) is 42.5 Å². The Kier molecular flexibility index (Phi) is 5.94. The van der Waals surface area contributed by atoms with E-state index in [1.165, 1.54) is 0 Å². The molecular weight excluding hydrogens is 304 g/mol. The minimum absolute atomic E-state index is 0.0529. The Balaban J connectivity index is 2.11. The van der Waals surface area contributed by atoms with E-state index in [-0.39, 0.29) is 6.04 Å². The fourth-order valence-corrected chi connectivity index (χ4v) is 3.43. The molecule has 21 heavy (non-hydrogen) atoms. The van der Waals surface area contributed by atoms with Crippen molar-refractivity contribution in [1.29, 1.82) is 0 Å². The predicted molar refractivity (Wildman–Crippen MR) is 90.0 cm³/mol. The second kappa shape index (κ2) is 7.71. The Morgan fingerprint density at radius 1 is 1.29 bits per heavy atom. The van der Waals surface area contributed by atoms with Gasteiger partial charge in [-0.2, -0.15) is 0 Å². The summed E-state index contributed by atoms with van der Waals surface area (Å²) in [6.07, 6.45) is 0. The van der Waals surface area contributed by atoms with Crippen molar-refractivity contribution in [3.63, 3.8) is 0 Å². The zero-order chi connectivity index (χ0) is 15.2. The summed E-state index contributed by atoms with van der Waals surface area (Å²) in [4.78, 5) is 1.06. The summed E-state index contributed by atoms with van der Waals surface area (Å²) in [5, 5.41) is 0.768. The van der Waals surface area contributed by atoms with Crippen LogP contribution in [-0.2, 0) is 0 Å². The zero-order valence-electron chi connectivity index (χ0n) is 12.1. The van der Waals surface area contributed by atoms with Gasteiger partial charge in [0.2, 0.25) is 0 Å². The SMILES string of the molecule is COc1ccc(C(CSc2ccccc2Cl)NN)c(C)c1. The van der Waals surface area contributed by atoms with Crippen LogP contribution in [-0.4, -0.2) is 12.9 Å². The Hall–Kier alpha value is -1.20. The van der Waals surface area contributed by atoms with Crippen molar-refractivity contribution in [2.75, 3.05) is 12.9 Å². The number of hydrogen-bond acceptors (Lipinski definition) is 4. The molecule has 0 heterocycles. The fraction of sp³-hybridized carbons (Fsp3) is 0.250. The average Bonchev–Trinajstić information content (AvgIpc) is 2.50. The van der Waals surface area contributed by atoms with Crippen LogP contribution in [0.4, 0.5) is 0 Å². The number of thioether (sulfide) groups is 1. The number of rotatable bonds is 6. The van der Waals surface area contributed by atoms with E-state index < -0.39 is 0 Å². The number of methoxy groups -OCH3 is 1. The molecular formula is C16H19ClN2OS. The first-order chi connectivity index (χ1) is 10.2. The first-order valence-corrected chi connectivity index (χ1v) is 8.00. The molecule has 2 rings (SSSR count). The van der Waals surface area contributed by atoms with Crippen molar-refractivity contribution >= 4 is 23.4 Å². The number of aryl methyl sites for hydroxylation is 1. The largest absolute Gasteiger partial charge is 0.497 e. The van der Waals surface area contributed by atoms with E-state index in [1.54, 1.807) is 18.9 Å². The maximum absolute atomic E-state index is 6.18. The summed E-state index contributed by atoms with van der Waals surface area (Å²) in [6, 6.07) is 13.9. The Morgan fingerprint density at radius 3 is 2.67 bits per heavy atom. The number of halogens is 1. The first-order valence-electron chi connectivity index (χ1n) is 6.63. The Morgan fingerprint density at radius 2 is 2.05 bits per heavy atom. The molecule has 0 saturated carbocycles. The highest BCUT2D eigenvalue weighted by Gasteiger charge is 2.14. The number of ether oxygens (including phenoxy) is 1. The fourth-order valence-electron chi connectivity index (χ4n) is 2.13. The smallest absolute Gasteiger partial charge is 0.119 e. The summed E-state index contributed by atoms with van der Waals surface area (Å²) in [6.45, 7) is 2.06. The van der Waals surface area contributed by atoms with Gasteiger partial charge >= 0.3 is 0 Å². The van der Waals surface area contributed by atoms with E-state index in [0.29, 0.717) is 0 Å². The van der Waals surface area contributed by atoms with Gasteiger partial charge in [0, 0.05) is 10.6 Å². The average molecular weight is 323 g/mol. The quantitative estimate of drug-likeness (QED) is 0.480. The number of benzene rings is 2. The second-order valence-corrected chi connectivity index (χ2v) is 6.15. The van der Waals surface area contributed by atoms with Crippen LogP contribution in [0.1, 0.15) is 17.2 Å². The van der Waals surface area contributed by atoms with Gasteiger partial charge in [-0.1, -0.05) is 29.8 Å². The minimum atomic E-state index is 0.0529. The molecule has 2 aromatic carbocycles. The third-order valence-corrected chi connectivity index (χ3v) is 4.90. The Labute approximate surface area is 134 Å². The van der Waals surface area contributed by atoms with Crippen molar-refractivity contribution in [1.82, 2.24) is 5.43 Å². The van der Waals surface area contributed by atoms with Gasteiger partial charge in [0.15, 0.2) is 0 Å². The van der Waals surface area contributed by atoms with Crippen LogP contribution in [0.15, 0.2) is 47.4 Å². The molecule has 5 heteroatoms. The van der Waals surface area contributed by atoms with Gasteiger partial charge in [0.1, 0.15) is 5.75 Å². The Bertz CT molecular complexity index is 607. The van der Waals surface area contributed by atoms with Crippen LogP contribution in [0.5, 0.6) is 5.75 Å². The highest BCUT2D eigenvalue weighted by molar-refractivity contribution is 7.99. The number of hydrogen-bond donors (Lipinski definition) is 2. The number of nitrogens with two attached hydrogens (primary N) is 1. The lowest BCUT2D eigenvalue weighted by Gasteiger charge is -2.19. The van der Waals surface area contributed by atoms with Crippen LogP contribution in [0, 0.1) is 6.92 Å². The summed E-state index contributed by atoms with van der Waals surface area (Å²) in [7, 11) is 1.67. The molecule has 3 N–H and O–H groups in total. The topological polar surface area (TPSA) is 47.3 Å². The van der Waals surface area contributed by atoms with Crippen LogP contribution in [0.25, 0.3) is 0 Å². The molecule has 1 unspecified atom stereocenters. The molecule has 0 aliphatic rings. The van der Waals surface area contributed by atoms with Crippen LogP contribution >= 0.6 is 23.4 Å². The van der Waals surface area contributed by atoms with E-state index >= 15 is 0 Å². The van der Waals surface area contributed by atoms with Gasteiger partial charge in [0.05, 0.1) is 18.2 Å². The van der Waals surface area contributed by atoms with Crippen molar-refractivity contribution < 1.29 is 4.74 Å². The van der Waals surface area contributed by atoms with Gasteiger partial charge in [-0.25, -0.2) is 0 Å². The molecule has 2 aromatic rings. The second-order valence-electron chi connectivity index (χ2n) is 4.68. The lowest BCUT2D eigenvalue weighted by atomic mass is 10.0. The summed E-state index contributed by atoms with van der Waals surface area (Å²) in [5.74, 6) is 7.37. The van der Waals surface area contributed by atoms with E-state index in [4.69, 9.17) is 22.2 Å². The molecule has 0 aromatic heterocycles. The highest BCUT2D eigenvalue weighted by Crippen LogP contribution is 2.31. The van der Waals surface area contributed by atoms with Crippen molar-refractivity contribution in [3.05, 3.63) is 58.6 Å². The predicted octanol–water partition coefficient (Wildman–Crippen LogP) is 3.95. The van der Waals surface area contributed by atoms with Crippen LogP contribution in [0.3, 0.4) is 0 Å². The molecule has 0 amide bonds. The third-order valence-electron chi connectivity index (χ3n) is 3.30. The van der Waals surface area contributed by atoms with E-state index in [2.05, 4.69) is 12.3 Å². The van der Waals surface area contributed by atoms with Crippen molar-refractivity contribution in [2.45, 2.75) is 17.9 Å². The normalized spacial score (nSPS) is 12.2. The molecule has 0 aliphatic heterocycles. The maximum atomic E-state index is 6.18. The van der Waals surface area contributed by atoms with Crippen LogP contribution in [0.2, 0.25) is 5.02 Å². The van der Waals surface area contributed by atoms with E-state index in [0.717, 1.165) is 32.5 Å². The molecule has 3 nitrogen and oxygen atoms in total. The first kappa shape index (κ1) is 16.2. The van der Waals surface area contributed by atoms with Gasteiger partial charge in [-0.15, -0.1) is 11.8 Å². The lowest BCUT2D eigenvalue weighted by Crippen LogP contribution is -2.30. The van der Waals surface area contributed by atoms with Gasteiger partial charge in [-0.05, 0) is 42.3 Å². The maximum Gasteiger partial charge on any atom is 0.119 e. The molecule has 0 spiro atoms. The van der Waals surface area contributed by atoms with E-state index in [9.17, 15) is 0 Å². The van der Waals surface area contributed by atoms with Gasteiger partial charge < -0.3 is 4.74 Å². The monoisotopic (exact) mass is 322 g/mol. The zero-order valence-corrected chi connectivity index (χ0v) is 13.7. The molecule has 0 radical (unpaired) electrons. The molecule has 0 bridgehead atoms. The molecule has 0 saturated heterocycles. The summed E-state index contributed by atoms with van der Waals surface area (Å²) < 4.78 is 5.23. The minimum Gasteiger partial charge on any atom is -0.497 e. The van der Waals surface area contributed by atoms with Gasteiger partial charge in [-0.3, -0.25) is 11.3 Å². The number of hydrazine groups is 1. The van der Waals surface area contributed by atoms with Gasteiger partial charge in [0.25, 0.3) is 0 Å². The summed E-state index contributed by atoms with van der Waals surface area (Å²) >= 11 is 7.87. The standard InChI is InChI=1S/C16H19ClN2OS/c1-11-9-12(20-2)7-8-13(11)15(19-18)10-21-16-6-4-3-5-14(16)17/h3-9,15,19H,10,18H2,1-2H3. The lowest BCUT2D eigenvalue weighted by molar-refractivity contribution is 0.414. The van der Waals surface area contributed by atoms with Crippen molar-refractivity contribution in [2.24, 2.45) is 5.84 Å². The molecule has 112 valence electrons. The molecule has 0 fully saturated rings. The molecule has 0 aliphatic carbocycles. The van der Waals surface area contributed by atoms with Crippen molar-refractivity contribution in [3.8, 4) is 5.75 Å². The van der Waals surface area contributed by atoms with Crippen LogP contribution < -0.4 is 16.0 Å². The highest BCUT2D eigenvalue weighted by atomic mass is 35.5.